The first-order valence-corrected chi connectivity index (χ1v) is 4.07. The lowest BCUT2D eigenvalue weighted by Gasteiger charge is -2.00. The molecule has 1 aromatic carbocycles. The van der Waals surface area contributed by atoms with Crippen molar-refractivity contribution in [2.24, 2.45) is 0 Å². The van der Waals surface area contributed by atoms with Gasteiger partial charge in [-0.3, -0.25) is 0 Å². The van der Waals surface area contributed by atoms with Crippen molar-refractivity contribution in [3.8, 4) is 0 Å². The lowest BCUT2D eigenvalue weighted by atomic mass is 10.1. The zero-order valence-corrected chi connectivity index (χ0v) is 7.20. The monoisotopic (exact) mass is 181 g/mol. The van der Waals surface area contributed by atoms with Gasteiger partial charge in [-0.1, -0.05) is 18.2 Å². The molecule has 3 N–H and O–H groups in total. The van der Waals surface area contributed by atoms with E-state index in [1.165, 1.54) is 6.07 Å². The van der Waals surface area contributed by atoms with Crippen molar-refractivity contribution in [1.29, 1.82) is 0 Å². The van der Waals surface area contributed by atoms with Crippen LogP contribution in [0.4, 0.5) is 10.1 Å². The molecule has 0 saturated heterocycles. The Kier molecular flexibility index (Phi) is 3.46. The first kappa shape index (κ1) is 9.74. The minimum atomic E-state index is -0.339. The lowest BCUT2D eigenvalue weighted by Crippen LogP contribution is -1.92. The second-order valence-corrected chi connectivity index (χ2v) is 2.66. The van der Waals surface area contributed by atoms with E-state index in [1.54, 1.807) is 24.3 Å². The standard InChI is InChI=1S/C10H12FNO/c11-9-5-3-6-10(12)8(9)4-1-2-7-13/h1,3-6,13H,2,7,12H2. The van der Waals surface area contributed by atoms with Crippen LogP contribution in [0.1, 0.15) is 12.0 Å². The van der Waals surface area contributed by atoms with Crippen LogP contribution in [-0.4, -0.2) is 11.7 Å². The van der Waals surface area contributed by atoms with Gasteiger partial charge in [0.2, 0.25) is 0 Å². The van der Waals surface area contributed by atoms with Gasteiger partial charge in [-0.05, 0) is 18.6 Å². The number of aliphatic hydroxyl groups is 1. The quantitative estimate of drug-likeness (QED) is 0.698. The molecule has 0 spiro atoms. The largest absolute Gasteiger partial charge is 0.398 e. The van der Waals surface area contributed by atoms with E-state index in [9.17, 15) is 4.39 Å². The van der Waals surface area contributed by atoms with E-state index in [0.717, 1.165) is 0 Å². The fraction of sp³-hybridized carbons (Fsp3) is 0.200. The van der Waals surface area contributed by atoms with Gasteiger partial charge in [-0.2, -0.15) is 0 Å². The molecule has 0 aromatic heterocycles. The van der Waals surface area contributed by atoms with E-state index in [-0.39, 0.29) is 12.4 Å². The molecule has 1 aromatic rings. The number of rotatable bonds is 3. The van der Waals surface area contributed by atoms with Gasteiger partial charge in [0.1, 0.15) is 5.82 Å². The molecule has 0 radical (unpaired) electrons. The summed E-state index contributed by atoms with van der Waals surface area (Å²) < 4.78 is 13.1. The van der Waals surface area contributed by atoms with E-state index in [0.29, 0.717) is 17.7 Å². The van der Waals surface area contributed by atoms with Crippen molar-refractivity contribution in [2.75, 3.05) is 12.3 Å². The molecule has 0 amide bonds. The number of hydrogen-bond donors (Lipinski definition) is 2. The Labute approximate surface area is 76.5 Å². The first-order chi connectivity index (χ1) is 6.25. The number of halogens is 1. The Balaban J connectivity index is 2.87. The van der Waals surface area contributed by atoms with E-state index in [1.807, 2.05) is 0 Å². The Bertz CT molecular complexity index is 290. The van der Waals surface area contributed by atoms with Gasteiger partial charge in [0.25, 0.3) is 0 Å². The molecule has 0 bridgehead atoms. The molecule has 0 aliphatic rings. The lowest BCUT2D eigenvalue weighted by molar-refractivity contribution is 0.303. The Hall–Kier alpha value is -1.35. The van der Waals surface area contributed by atoms with Gasteiger partial charge in [0.05, 0.1) is 0 Å². The summed E-state index contributed by atoms with van der Waals surface area (Å²) in [7, 11) is 0. The van der Waals surface area contributed by atoms with Crippen LogP contribution in [0.3, 0.4) is 0 Å². The smallest absolute Gasteiger partial charge is 0.132 e. The number of anilines is 1. The fourth-order valence-electron chi connectivity index (χ4n) is 1.01. The van der Waals surface area contributed by atoms with Gasteiger partial charge in [-0.15, -0.1) is 0 Å². The van der Waals surface area contributed by atoms with Gasteiger partial charge < -0.3 is 10.8 Å². The Morgan fingerprint density at radius 2 is 2.23 bits per heavy atom. The molecule has 70 valence electrons. The highest BCUT2D eigenvalue weighted by Crippen LogP contribution is 2.17. The van der Waals surface area contributed by atoms with Crippen molar-refractivity contribution in [3.63, 3.8) is 0 Å². The summed E-state index contributed by atoms with van der Waals surface area (Å²) in [5, 5.41) is 8.51. The van der Waals surface area contributed by atoms with Crippen LogP contribution in [0, 0.1) is 5.82 Å². The van der Waals surface area contributed by atoms with Crippen LogP contribution in [0.15, 0.2) is 24.3 Å². The molecular formula is C10H12FNO. The normalized spacial score (nSPS) is 10.9. The highest BCUT2D eigenvalue weighted by molar-refractivity contribution is 5.64. The second kappa shape index (κ2) is 4.62. The number of nitrogen functional groups attached to an aromatic ring is 1. The van der Waals surface area contributed by atoms with Gasteiger partial charge >= 0.3 is 0 Å². The minimum Gasteiger partial charge on any atom is -0.398 e. The zero-order valence-electron chi connectivity index (χ0n) is 7.20. The highest BCUT2D eigenvalue weighted by Gasteiger charge is 2.00. The zero-order chi connectivity index (χ0) is 9.68. The van der Waals surface area contributed by atoms with Crippen LogP contribution >= 0.6 is 0 Å². The molecular weight excluding hydrogens is 169 g/mol. The van der Waals surface area contributed by atoms with Crippen molar-refractivity contribution < 1.29 is 9.50 Å². The number of nitrogens with two attached hydrogens (primary N) is 1. The molecule has 0 aliphatic carbocycles. The summed E-state index contributed by atoms with van der Waals surface area (Å²) in [4.78, 5) is 0. The van der Waals surface area contributed by atoms with Crippen molar-refractivity contribution in [1.82, 2.24) is 0 Å². The minimum absolute atomic E-state index is 0.0604. The van der Waals surface area contributed by atoms with E-state index >= 15 is 0 Å². The summed E-state index contributed by atoms with van der Waals surface area (Å²) in [6.07, 6.45) is 3.78. The van der Waals surface area contributed by atoms with Gasteiger partial charge in [0.15, 0.2) is 0 Å². The highest BCUT2D eigenvalue weighted by atomic mass is 19.1. The molecule has 0 unspecified atom stereocenters. The first-order valence-electron chi connectivity index (χ1n) is 4.07. The molecule has 0 aliphatic heterocycles. The second-order valence-electron chi connectivity index (χ2n) is 2.66. The molecule has 1 rings (SSSR count). The maximum atomic E-state index is 13.1. The molecule has 3 heteroatoms. The molecule has 0 saturated carbocycles. The molecule has 2 nitrogen and oxygen atoms in total. The van der Waals surface area contributed by atoms with Crippen LogP contribution < -0.4 is 5.73 Å². The maximum absolute atomic E-state index is 13.1. The van der Waals surface area contributed by atoms with Gasteiger partial charge in [0, 0.05) is 17.9 Å². The average molecular weight is 181 g/mol. The third-order valence-corrected chi connectivity index (χ3v) is 1.67. The SMILES string of the molecule is Nc1cccc(F)c1C=CCCO. The summed E-state index contributed by atoms with van der Waals surface area (Å²) in [6.45, 7) is 0.0604. The van der Waals surface area contributed by atoms with Crippen LogP contribution in [0.5, 0.6) is 0 Å². The summed E-state index contributed by atoms with van der Waals surface area (Å²) >= 11 is 0. The van der Waals surface area contributed by atoms with Crippen molar-refractivity contribution in [2.45, 2.75) is 6.42 Å². The molecule has 13 heavy (non-hydrogen) atoms. The molecule has 0 fully saturated rings. The van der Waals surface area contributed by atoms with Gasteiger partial charge in [-0.25, -0.2) is 4.39 Å². The molecule has 0 heterocycles. The van der Waals surface area contributed by atoms with Crippen molar-refractivity contribution >= 4 is 11.8 Å². The number of aliphatic hydroxyl groups excluding tert-OH is 1. The topological polar surface area (TPSA) is 46.2 Å². The maximum Gasteiger partial charge on any atom is 0.132 e. The van der Waals surface area contributed by atoms with Crippen LogP contribution in [0.25, 0.3) is 6.08 Å². The predicted octanol–water partition coefficient (Wildman–Crippen LogP) is 1.80. The van der Waals surface area contributed by atoms with E-state index in [2.05, 4.69) is 0 Å². The van der Waals surface area contributed by atoms with Crippen LogP contribution in [0.2, 0.25) is 0 Å². The Morgan fingerprint density at radius 1 is 1.46 bits per heavy atom. The number of hydrogen-bond acceptors (Lipinski definition) is 2. The Morgan fingerprint density at radius 3 is 2.85 bits per heavy atom. The van der Waals surface area contributed by atoms with Crippen LogP contribution in [-0.2, 0) is 0 Å². The van der Waals surface area contributed by atoms with E-state index in [4.69, 9.17) is 10.8 Å². The van der Waals surface area contributed by atoms with E-state index < -0.39 is 0 Å². The molecule has 0 atom stereocenters. The summed E-state index contributed by atoms with van der Waals surface area (Å²) in [5.41, 5.74) is 6.35. The third kappa shape index (κ3) is 2.56. The summed E-state index contributed by atoms with van der Waals surface area (Å²) in [6, 6.07) is 4.56. The third-order valence-electron chi connectivity index (χ3n) is 1.67. The fourth-order valence-corrected chi connectivity index (χ4v) is 1.01. The number of benzene rings is 1. The predicted molar refractivity (Wildman–Crippen MR) is 51.5 cm³/mol. The summed E-state index contributed by atoms with van der Waals surface area (Å²) in [5.74, 6) is -0.339. The average Bonchev–Trinajstić information content (AvgIpc) is 2.10. The van der Waals surface area contributed by atoms with Crippen molar-refractivity contribution in [3.05, 3.63) is 35.7 Å².